The van der Waals surface area contributed by atoms with Gasteiger partial charge in [0.25, 0.3) is 5.69 Å². The van der Waals surface area contributed by atoms with Crippen LogP contribution in [-0.4, -0.2) is 21.5 Å². The molecule has 7 heteroatoms. The molecule has 0 N–H and O–H groups in total. The third-order valence-corrected chi connectivity index (χ3v) is 4.58. The summed E-state index contributed by atoms with van der Waals surface area (Å²) in [4.78, 5) is 19.4. The average molecular weight is 355 g/mol. The summed E-state index contributed by atoms with van der Waals surface area (Å²) in [7, 11) is 0. The standard InChI is InChI=1S/C18H17N3O3S/c1-3-24-15-8-9-17-16(10-15)12(2)19-18(20-17)25-11-13-4-6-14(7-5-13)21(22)23/h4-10H,3,11H2,1-2H3. The summed E-state index contributed by atoms with van der Waals surface area (Å²) in [5, 5.41) is 12.4. The van der Waals surface area contributed by atoms with E-state index in [0.717, 1.165) is 27.9 Å². The topological polar surface area (TPSA) is 78.2 Å². The predicted octanol–water partition coefficient (Wildman–Crippen LogP) is 4.54. The molecule has 0 bridgehead atoms. The molecule has 0 fully saturated rings. The number of ether oxygens (including phenoxy) is 1. The van der Waals surface area contributed by atoms with Crippen LogP contribution in [0.5, 0.6) is 5.75 Å². The number of nitro groups is 1. The molecule has 0 aliphatic carbocycles. The lowest BCUT2D eigenvalue weighted by Gasteiger charge is -2.08. The van der Waals surface area contributed by atoms with Crippen molar-refractivity contribution in [3.63, 3.8) is 0 Å². The number of nitrogens with zero attached hydrogens (tertiary/aromatic N) is 3. The maximum atomic E-state index is 10.7. The number of rotatable bonds is 6. The molecule has 1 heterocycles. The molecular formula is C18H17N3O3S. The number of benzene rings is 2. The van der Waals surface area contributed by atoms with Gasteiger partial charge in [0.1, 0.15) is 5.75 Å². The second-order valence-corrected chi connectivity index (χ2v) is 6.36. The Morgan fingerprint density at radius 1 is 1.16 bits per heavy atom. The number of fused-ring (bicyclic) bond motifs is 1. The highest BCUT2D eigenvalue weighted by atomic mass is 32.2. The van der Waals surface area contributed by atoms with Gasteiger partial charge in [0, 0.05) is 29.0 Å². The van der Waals surface area contributed by atoms with E-state index < -0.39 is 4.92 Å². The fraction of sp³-hybridized carbons (Fsp3) is 0.222. The Hall–Kier alpha value is -2.67. The van der Waals surface area contributed by atoms with E-state index in [1.54, 1.807) is 12.1 Å². The molecule has 2 aromatic carbocycles. The van der Waals surface area contributed by atoms with Crippen molar-refractivity contribution in [2.75, 3.05) is 6.61 Å². The molecule has 128 valence electrons. The van der Waals surface area contributed by atoms with E-state index >= 15 is 0 Å². The van der Waals surface area contributed by atoms with Gasteiger partial charge >= 0.3 is 0 Å². The lowest BCUT2D eigenvalue weighted by atomic mass is 10.2. The molecule has 0 amide bonds. The molecule has 3 aromatic rings. The maximum Gasteiger partial charge on any atom is 0.269 e. The number of thioether (sulfide) groups is 1. The number of nitro benzene ring substituents is 1. The van der Waals surface area contributed by atoms with Gasteiger partial charge in [0.05, 0.1) is 17.0 Å². The number of non-ortho nitro benzene ring substituents is 1. The van der Waals surface area contributed by atoms with Crippen molar-refractivity contribution in [2.45, 2.75) is 24.8 Å². The lowest BCUT2D eigenvalue weighted by molar-refractivity contribution is -0.384. The van der Waals surface area contributed by atoms with Crippen molar-refractivity contribution in [2.24, 2.45) is 0 Å². The number of aromatic nitrogens is 2. The smallest absolute Gasteiger partial charge is 0.269 e. The highest BCUT2D eigenvalue weighted by molar-refractivity contribution is 7.98. The van der Waals surface area contributed by atoms with Crippen LogP contribution >= 0.6 is 11.8 Å². The summed E-state index contributed by atoms with van der Waals surface area (Å²) in [5.74, 6) is 1.47. The Bertz CT molecular complexity index is 913. The zero-order valence-electron chi connectivity index (χ0n) is 13.9. The molecule has 6 nitrogen and oxygen atoms in total. The van der Waals surface area contributed by atoms with Crippen LogP contribution in [0.4, 0.5) is 5.69 Å². The largest absolute Gasteiger partial charge is 0.494 e. The van der Waals surface area contributed by atoms with Crippen molar-refractivity contribution < 1.29 is 9.66 Å². The Kier molecular flexibility index (Phi) is 5.14. The third-order valence-electron chi connectivity index (χ3n) is 3.66. The van der Waals surface area contributed by atoms with Gasteiger partial charge in [0.2, 0.25) is 0 Å². The quantitative estimate of drug-likeness (QED) is 0.280. The normalized spacial score (nSPS) is 10.8. The summed E-state index contributed by atoms with van der Waals surface area (Å²) in [5.41, 5.74) is 2.86. The van der Waals surface area contributed by atoms with Crippen molar-refractivity contribution in [1.82, 2.24) is 9.97 Å². The van der Waals surface area contributed by atoms with Crippen LogP contribution in [0.3, 0.4) is 0 Å². The molecule has 0 radical (unpaired) electrons. The van der Waals surface area contributed by atoms with Crippen LogP contribution < -0.4 is 4.74 Å². The van der Waals surface area contributed by atoms with Gasteiger partial charge in [0.15, 0.2) is 5.16 Å². The van der Waals surface area contributed by atoms with Gasteiger partial charge in [-0.2, -0.15) is 0 Å². The van der Waals surface area contributed by atoms with Crippen LogP contribution in [0.15, 0.2) is 47.6 Å². The summed E-state index contributed by atoms with van der Waals surface area (Å²) in [6.07, 6.45) is 0. The zero-order chi connectivity index (χ0) is 17.8. The van der Waals surface area contributed by atoms with Crippen molar-refractivity contribution >= 4 is 28.4 Å². The molecule has 0 saturated carbocycles. The number of aryl methyl sites for hydroxylation is 1. The SMILES string of the molecule is CCOc1ccc2nc(SCc3ccc([N+](=O)[O-])cc3)nc(C)c2c1. The fourth-order valence-electron chi connectivity index (χ4n) is 2.42. The Morgan fingerprint density at radius 2 is 1.92 bits per heavy atom. The van der Waals surface area contributed by atoms with E-state index in [2.05, 4.69) is 9.97 Å². The van der Waals surface area contributed by atoms with E-state index in [9.17, 15) is 10.1 Å². The first kappa shape index (κ1) is 17.2. The summed E-state index contributed by atoms with van der Waals surface area (Å²) >= 11 is 1.51. The third kappa shape index (κ3) is 4.06. The molecule has 0 unspecified atom stereocenters. The Morgan fingerprint density at radius 3 is 2.60 bits per heavy atom. The summed E-state index contributed by atoms with van der Waals surface area (Å²) in [6, 6.07) is 12.3. The van der Waals surface area contributed by atoms with E-state index in [1.807, 2.05) is 32.0 Å². The molecule has 0 spiro atoms. The van der Waals surface area contributed by atoms with Gasteiger partial charge in [-0.25, -0.2) is 9.97 Å². The zero-order valence-corrected chi connectivity index (χ0v) is 14.7. The van der Waals surface area contributed by atoms with Gasteiger partial charge in [-0.15, -0.1) is 0 Å². The molecule has 0 aliphatic heterocycles. The molecule has 0 saturated heterocycles. The van der Waals surface area contributed by atoms with E-state index in [0.29, 0.717) is 17.5 Å². The second-order valence-electron chi connectivity index (χ2n) is 5.42. The highest BCUT2D eigenvalue weighted by Crippen LogP contribution is 2.26. The first-order chi connectivity index (χ1) is 12.1. The summed E-state index contributed by atoms with van der Waals surface area (Å²) < 4.78 is 5.52. The monoisotopic (exact) mass is 355 g/mol. The van der Waals surface area contributed by atoms with Gasteiger partial charge in [-0.3, -0.25) is 10.1 Å². The molecule has 0 aliphatic rings. The minimum absolute atomic E-state index is 0.0941. The highest BCUT2D eigenvalue weighted by Gasteiger charge is 2.08. The van der Waals surface area contributed by atoms with E-state index in [-0.39, 0.29) is 5.69 Å². The van der Waals surface area contributed by atoms with Gasteiger partial charge in [-0.1, -0.05) is 23.9 Å². The molecule has 0 atom stereocenters. The van der Waals surface area contributed by atoms with Crippen LogP contribution in [0.2, 0.25) is 0 Å². The fourth-order valence-corrected chi connectivity index (χ4v) is 3.27. The summed E-state index contributed by atoms with van der Waals surface area (Å²) in [6.45, 7) is 4.52. The van der Waals surface area contributed by atoms with Crippen molar-refractivity contribution in [1.29, 1.82) is 0 Å². The van der Waals surface area contributed by atoms with Crippen molar-refractivity contribution in [3.05, 3.63) is 63.8 Å². The maximum absolute atomic E-state index is 10.7. The molecular weight excluding hydrogens is 338 g/mol. The Balaban J connectivity index is 1.77. The second kappa shape index (κ2) is 7.48. The first-order valence-electron chi connectivity index (χ1n) is 7.84. The lowest BCUT2D eigenvalue weighted by Crippen LogP contribution is -1.96. The number of hydrogen-bond acceptors (Lipinski definition) is 6. The number of hydrogen-bond donors (Lipinski definition) is 0. The first-order valence-corrected chi connectivity index (χ1v) is 8.82. The Labute approximate surface area is 149 Å². The minimum Gasteiger partial charge on any atom is -0.494 e. The van der Waals surface area contributed by atoms with Crippen LogP contribution in [0.1, 0.15) is 18.2 Å². The van der Waals surface area contributed by atoms with Crippen LogP contribution in [0.25, 0.3) is 10.9 Å². The predicted molar refractivity (Wildman–Crippen MR) is 98.1 cm³/mol. The average Bonchev–Trinajstić information content (AvgIpc) is 2.61. The molecule has 1 aromatic heterocycles. The van der Waals surface area contributed by atoms with E-state index in [4.69, 9.17) is 4.74 Å². The van der Waals surface area contributed by atoms with Crippen LogP contribution in [-0.2, 0) is 5.75 Å². The van der Waals surface area contributed by atoms with Gasteiger partial charge < -0.3 is 4.74 Å². The van der Waals surface area contributed by atoms with Crippen molar-refractivity contribution in [3.8, 4) is 5.75 Å². The minimum atomic E-state index is -0.400. The molecule has 25 heavy (non-hydrogen) atoms. The molecule has 3 rings (SSSR count). The van der Waals surface area contributed by atoms with Gasteiger partial charge in [-0.05, 0) is 37.6 Å². The van der Waals surface area contributed by atoms with Crippen LogP contribution in [0, 0.1) is 17.0 Å². The van der Waals surface area contributed by atoms with E-state index in [1.165, 1.54) is 23.9 Å².